The van der Waals surface area contributed by atoms with Gasteiger partial charge in [-0.1, -0.05) is 54.1 Å². The third-order valence-electron chi connectivity index (χ3n) is 5.87. The van der Waals surface area contributed by atoms with Crippen LogP contribution < -0.4 is 4.74 Å². The molecule has 0 spiro atoms. The van der Waals surface area contributed by atoms with Gasteiger partial charge in [-0.25, -0.2) is 0 Å². The Kier molecular flexibility index (Phi) is 7.33. The van der Waals surface area contributed by atoms with Crippen LogP contribution in [0.1, 0.15) is 35.3 Å². The predicted molar refractivity (Wildman–Crippen MR) is 131 cm³/mol. The summed E-state index contributed by atoms with van der Waals surface area (Å²) in [5, 5.41) is 0. The van der Waals surface area contributed by atoms with Crippen LogP contribution >= 0.6 is 11.8 Å². The van der Waals surface area contributed by atoms with Crippen molar-refractivity contribution in [1.82, 2.24) is 9.80 Å². The molecule has 1 fully saturated rings. The number of hydrogen-bond acceptors (Lipinski definition) is 4. The van der Waals surface area contributed by atoms with E-state index < -0.39 is 0 Å². The monoisotopic (exact) mass is 432 g/mol. The van der Waals surface area contributed by atoms with Crippen molar-refractivity contribution in [3.8, 4) is 5.75 Å². The van der Waals surface area contributed by atoms with Crippen LogP contribution in [0, 0.1) is 6.92 Å². The zero-order valence-electron chi connectivity index (χ0n) is 18.8. The summed E-state index contributed by atoms with van der Waals surface area (Å²) in [4.78, 5) is 6.52. The fourth-order valence-electron chi connectivity index (χ4n) is 4.40. The molecule has 0 aliphatic carbocycles. The van der Waals surface area contributed by atoms with Crippen molar-refractivity contribution in [3.05, 3.63) is 95.1 Å². The van der Waals surface area contributed by atoms with Gasteiger partial charge in [-0.15, -0.1) is 11.8 Å². The van der Waals surface area contributed by atoms with Gasteiger partial charge < -0.3 is 4.74 Å². The Hall–Kier alpha value is -2.27. The van der Waals surface area contributed by atoms with Gasteiger partial charge in [0.2, 0.25) is 0 Å². The lowest BCUT2D eigenvalue weighted by atomic mass is 10.1. The van der Waals surface area contributed by atoms with E-state index in [4.69, 9.17) is 4.74 Å². The molecule has 31 heavy (non-hydrogen) atoms. The van der Waals surface area contributed by atoms with Gasteiger partial charge in [0.05, 0.1) is 12.8 Å². The van der Waals surface area contributed by atoms with E-state index >= 15 is 0 Å². The van der Waals surface area contributed by atoms with E-state index in [1.54, 1.807) is 11.8 Å². The first kappa shape index (κ1) is 21.9. The smallest absolute Gasteiger partial charge is 0.119 e. The number of thioether (sulfide) groups is 1. The second kappa shape index (κ2) is 10.4. The van der Waals surface area contributed by atoms with Crippen molar-refractivity contribution in [2.24, 2.45) is 0 Å². The maximum absolute atomic E-state index is 5.61. The first-order valence-corrected chi connectivity index (χ1v) is 12.3. The molecule has 1 heterocycles. The van der Waals surface area contributed by atoms with Crippen LogP contribution in [-0.2, 0) is 13.1 Å². The second-order valence-electron chi connectivity index (χ2n) is 8.15. The van der Waals surface area contributed by atoms with E-state index in [0.29, 0.717) is 6.61 Å². The van der Waals surface area contributed by atoms with Crippen molar-refractivity contribution in [2.45, 2.75) is 38.0 Å². The summed E-state index contributed by atoms with van der Waals surface area (Å²) in [6, 6.07) is 26.6. The lowest BCUT2D eigenvalue weighted by Crippen LogP contribution is -2.30. The molecule has 0 saturated carbocycles. The van der Waals surface area contributed by atoms with Crippen LogP contribution in [0.4, 0.5) is 0 Å². The number of aryl methyl sites for hydroxylation is 1. The molecule has 0 N–H and O–H groups in total. The van der Waals surface area contributed by atoms with E-state index in [1.165, 1.54) is 27.1 Å². The van der Waals surface area contributed by atoms with Crippen LogP contribution in [0.15, 0.2) is 77.7 Å². The highest BCUT2D eigenvalue weighted by Crippen LogP contribution is 2.34. The summed E-state index contributed by atoms with van der Waals surface area (Å²) in [5.74, 6) is 0.943. The first-order valence-electron chi connectivity index (χ1n) is 11.1. The zero-order valence-corrected chi connectivity index (χ0v) is 19.6. The predicted octanol–water partition coefficient (Wildman–Crippen LogP) is 6.13. The Morgan fingerprint density at radius 1 is 0.871 bits per heavy atom. The van der Waals surface area contributed by atoms with Crippen molar-refractivity contribution < 1.29 is 4.74 Å². The van der Waals surface area contributed by atoms with Gasteiger partial charge in [0, 0.05) is 31.1 Å². The minimum absolute atomic E-state index is 0.281. The molecule has 1 aliphatic heterocycles. The fourth-order valence-corrected chi connectivity index (χ4v) is 4.81. The van der Waals surface area contributed by atoms with Gasteiger partial charge in [-0.05, 0) is 61.1 Å². The second-order valence-corrected chi connectivity index (χ2v) is 9.03. The number of benzene rings is 3. The number of nitrogens with zero attached hydrogens (tertiary/aromatic N) is 2. The third-order valence-corrected chi connectivity index (χ3v) is 6.61. The molecule has 162 valence electrons. The Bertz CT molecular complexity index is 971. The van der Waals surface area contributed by atoms with Gasteiger partial charge in [0.1, 0.15) is 5.75 Å². The van der Waals surface area contributed by atoms with Crippen LogP contribution in [-0.4, -0.2) is 35.8 Å². The third kappa shape index (κ3) is 5.51. The minimum Gasteiger partial charge on any atom is -0.494 e. The van der Waals surface area contributed by atoms with Crippen molar-refractivity contribution in [3.63, 3.8) is 0 Å². The number of ether oxygens (including phenoxy) is 1. The largest absolute Gasteiger partial charge is 0.494 e. The minimum atomic E-state index is 0.281. The molecule has 1 saturated heterocycles. The first-order chi connectivity index (χ1) is 15.2. The van der Waals surface area contributed by atoms with Gasteiger partial charge in [-0.3, -0.25) is 9.80 Å². The van der Waals surface area contributed by atoms with Crippen LogP contribution in [0.5, 0.6) is 5.75 Å². The molecule has 0 amide bonds. The maximum Gasteiger partial charge on any atom is 0.119 e. The van der Waals surface area contributed by atoms with Gasteiger partial charge in [-0.2, -0.15) is 0 Å². The highest BCUT2D eigenvalue weighted by molar-refractivity contribution is 7.98. The molecule has 0 aromatic heterocycles. The molecule has 3 aromatic rings. The van der Waals surface area contributed by atoms with E-state index in [-0.39, 0.29) is 6.17 Å². The Balaban J connectivity index is 1.57. The molecular formula is C27H32N2OS. The maximum atomic E-state index is 5.61. The Morgan fingerprint density at radius 2 is 1.55 bits per heavy atom. The average molecular weight is 433 g/mol. The SMILES string of the molecule is CCOc1ccc(CN2CCN(Cc3cccc(C)c3)[C@@H]2c2ccc(SC)cc2)cc1. The summed E-state index contributed by atoms with van der Waals surface area (Å²) in [6.07, 6.45) is 2.41. The highest BCUT2D eigenvalue weighted by atomic mass is 32.2. The molecule has 0 radical (unpaired) electrons. The van der Waals surface area contributed by atoms with E-state index in [0.717, 1.165) is 31.9 Å². The van der Waals surface area contributed by atoms with E-state index in [1.807, 2.05) is 6.92 Å². The lowest BCUT2D eigenvalue weighted by molar-refractivity contribution is 0.126. The quantitative estimate of drug-likeness (QED) is 0.398. The van der Waals surface area contributed by atoms with Crippen LogP contribution in [0.3, 0.4) is 0 Å². The molecule has 0 bridgehead atoms. The van der Waals surface area contributed by atoms with E-state index in [9.17, 15) is 0 Å². The summed E-state index contributed by atoms with van der Waals surface area (Å²) in [6.45, 7) is 8.93. The fraction of sp³-hybridized carbons (Fsp3) is 0.333. The number of rotatable bonds is 8. The average Bonchev–Trinajstić information content (AvgIpc) is 3.17. The number of hydrogen-bond donors (Lipinski definition) is 0. The van der Waals surface area contributed by atoms with Gasteiger partial charge >= 0.3 is 0 Å². The summed E-state index contributed by atoms with van der Waals surface area (Å²) in [5.41, 5.74) is 5.40. The zero-order chi connectivity index (χ0) is 21.6. The molecule has 0 unspecified atom stereocenters. The molecule has 1 aliphatic rings. The molecule has 4 heteroatoms. The molecule has 3 aromatic carbocycles. The van der Waals surface area contributed by atoms with Crippen molar-refractivity contribution >= 4 is 11.8 Å². The molecule has 1 atom stereocenters. The van der Waals surface area contributed by atoms with E-state index in [2.05, 4.69) is 95.8 Å². The standard InChI is InChI=1S/C27H32N2OS/c1-4-30-25-12-8-22(9-13-25)19-28-16-17-29(20-23-7-5-6-21(2)18-23)27(28)24-10-14-26(31-3)15-11-24/h5-15,18,27H,4,16-17,19-20H2,1-3H3/t27-/m1/s1. The molecule has 4 rings (SSSR count). The lowest BCUT2D eigenvalue weighted by Gasteiger charge is -2.31. The summed E-state index contributed by atoms with van der Waals surface area (Å²) < 4.78 is 5.61. The Morgan fingerprint density at radius 3 is 2.16 bits per heavy atom. The van der Waals surface area contributed by atoms with Crippen molar-refractivity contribution in [2.75, 3.05) is 26.0 Å². The van der Waals surface area contributed by atoms with Crippen LogP contribution in [0.2, 0.25) is 0 Å². The molecule has 3 nitrogen and oxygen atoms in total. The summed E-state index contributed by atoms with van der Waals surface area (Å²) >= 11 is 1.79. The van der Waals surface area contributed by atoms with Crippen molar-refractivity contribution in [1.29, 1.82) is 0 Å². The Labute approximate surface area is 191 Å². The van der Waals surface area contributed by atoms with Crippen LogP contribution in [0.25, 0.3) is 0 Å². The van der Waals surface area contributed by atoms with Gasteiger partial charge in [0.15, 0.2) is 0 Å². The normalized spacial score (nSPS) is 17.2. The molecular weight excluding hydrogens is 400 g/mol. The highest BCUT2D eigenvalue weighted by Gasteiger charge is 2.33. The van der Waals surface area contributed by atoms with Gasteiger partial charge in [0.25, 0.3) is 0 Å². The summed E-state index contributed by atoms with van der Waals surface area (Å²) in [7, 11) is 0. The topological polar surface area (TPSA) is 15.7 Å².